The van der Waals surface area contributed by atoms with Crippen molar-refractivity contribution in [1.82, 2.24) is 19.7 Å². The standard InChI is InChI=1S/C17H15F2N5OS/c1-2-24-16(11-5-7-20-8-6-11)22-23-17(24)26-10-15(25)21-14-4-3-12(18)9-13(14)19/h3-9H,2,10H2,1H3,(H,21,25). The van der Waals surface area contributed by atoms with Crippen molar-refractivity contribution in [3.05, 3.63) is 54.4 Å². The SMILES string of the molecule is CCn1c(SCC(=O)Nc2ccc(F)cc2F)nnc1-c1ccncc1. The lowest BCUT2D eigenvalue weighted by atomic mass is 10.2. The number of aromatic nitrogens is 4. The Morgan fingerprint density at radius 2 is 1.96 bits per heavy atom. The molecule has 9 heteroatoms. The Balaban J connectivity index is 1.68. The average Bonchev–Trinajstić information content (AvgIpc) is 3.06. The fourth-order valence-corrected chi connectivity index (χ4v) is 3.10. The molecule has 0 fully saturated rings. The van der Waals surface area contributed by atoms with Gasteiger partial charge in [-0.25, -0.2) is 8.78 Å². The topological polar surface area (TPSA) is 72.7 Å². The smallest absolute Gasteiger partial charge is 0.234 e. The summed E-state index contributed by atoms with van der Waals surface area (Å²) in [4.78, 5) is 16.0. The van der Waals surface area contributed by atoms with Gasteiger partial charge >= 0.3 is 0 Å². The van der Waals surface area contributed by atoms with Crippen molar-refractivity contribution in [2.45, 2.75) is 18.6 Å². The summed E-state index contributed by atoms with van der Waals surface area (Å²) in [5.74, 6) is -1.24. The van der Waals surface area contributed by atoms with Crippen LogP contribution in [0.1, 0.15) is 6.92 Å². The zero-order valence-electron chi connectivity index (χ0n) is 13.8. The molecule has 1 aromatic carbocycles. The molecule has 0 saturated carbocycles. The number of amides is 1. The molecular formula is C17H15F2N5OS. The highest BCUT2D eigenvalue weighted by Crippen LogP contribution is 2.24. The summed E-state index contributed by atoms with van der Waals surface area (Å²) < 4.78 is 28.4. The van der Waals surface area contributed by atoms with E-state index < -0.39 is 17.5 Å². The van der Waals surface area contributed by atoms with Crippen LogP contribution in [0.2, 0.25) is 0 Å². The maximum atomic E-state index is 13.6. The lowest BCUT2D eigenvalue weighted by Gasteiger charge is -2.08. The van der Waals surface area contributed by atoms with Gasteiger partial charge in [0.05, 0.1) is 11.4 Å². The van der Waals surface area contributed by atoms with Gasteiger partial charge in [-0.05, 0) is 31.2 Å². The van der Waals surface area contributed by atoms with E-state index in [0.717, 1.165) is 17.7 Å². The fraction of sp³-hybridized carbons (Fsp3) is 0.176. The molecule has 0 radical (unpaired) electrons. The van der Waals surface area contributed by atoms with Gasteiger partial charge in [-0.2, -0.15) is 0 Å². The molecule has 0 saturated heterocycles. The minimum atomic E-state index is -0.819. The first-order valence-corrected chi connectivity index (χ1v) is 8.78. The number of nitrogens with zero attached hydrogens (tertiary/aromatic N) is 4. The number of thioether (sulfide) groups is 1. The molecular weight excluding hydrogens is 360 g/mol. The number of carbonyl (C=O) groups excluding carboxylic acids is 1. The second kappa shape index (κ2) is 8.05. The van der Waals surface area contributed by atoms with E-state index in [1.54, 1.807) is 12.4 Å². The highest BCUT2D eigenvalue weighted by Gasteiger charge is 2.15. The van der Waals surface area contributed by atoms with E-state index in [1.807, 2.05) is 23.6 Å². The van der Waals surface area contributed by atoms with Gasteiger partial charge in [0, 0.05) is 30.6 Å². The van der Waals surface area contributed by atoms with Crippen molar-refractivity contribution >= 4 is 23.4 Å². The number of anilines is 1. The van der Waals surface area contributed by atoms with Crippen LogP contribution in [0.3, 0.4) is 0 Å². The average molecular weight is 375 g/mol. The number of hydrogen-bond donors (Lipinski definition) is 1. The van der Waals surface area contributed by atoms with E-state index >= 15 is 0 Å². The van der Waals surface area contributed by atoms with E-state index in [1.165, 1.54) is 17.8 Å². The number of rotatable bonds is 6. The number of halogens is 2. The normalized spacial score (nSPS) is 10.7. The number of benzene rings is 1. The Morgan fingerprint density at radius 3 is 2.65 bits per heavy atom. The van der Waals surface area contributed by atoms with E-state index in [4.69, 9.17) is 0 Å². The minimum absolute atomic E-state index is 0.0191. The van der Waals surface area contributed by atoms with Gasteiger partial charge in [-0.3, -0.25) is 9.78 Å². The third kappa shape index (κ3) is 4.05. The third-order valence-electron chi connectivity index (χ3n) is 3.51. The first-order valence-electron chi connectivity index (χ1n) is 7.79. The van der Waals surface area contributed by atoms with Gasteiger partial charge in [0.25, 0.3) is 0 Å². The van der Waals surface area contributed by atoms with Crippen LogP contribution in [0.15, 0.2) is 47.9 Å². The zero-order chi connectivity index (χ0) is 18.5. The van der Waals surface area contributed by atoms with Crippen LogP contribution in [-0.4, -0.2) is 31.4 Å². The molecule has 2 aromatic heterocycles. The van der Waals surface area contributed by atoms with Gasteiger partial charge in [-0.15, -0.1) is 10.2 Å². The number of hydrogen-bond acceptors (Lipinski definition) is 5. The highest BCUT2D eigenvalue weighted by molar-refractivity contribution is 7.99. The first-order chi connectivity index (χ1) is 12.6. The molecule has 0 aliphatic rings. The lowest BCUT2D eigenvalue weighted by Crippen LogP contribution is -2.15. The largest absolute Gasteiger partial charge is 0.323 e. The molecule has 134 valence electrons. The summed E-state index contributed by atoms with van der Waals surface area (Å²) in [7, 11) is 0. The second-order valence-corrected chi connectivity index (χ2v) is 6.19. The van der Waals surface area contributed by atoms with Crippen LogP contribution >= 0.6 is 11.8 Å². The summed E-state index contributed by atoms with van der Waals surface area (Å²) in [6, 6.07) is 6.64. The Labute approximate surface area is 152 Å². The second-order valence-electron chi connectivity index (χ2n) is 5.25. The van der Waals surface area contributed by atoms with Gasteiger partial charge in [-0.1, -0.05) is 11.8 Å². The highest BCUT2D eigenvalue weighted by atomic mass is 32.2. The molecule has 0 spiro atoms. The molecule has 3 aromatic rings. The Morgan fingerprint density at radius 1 is 1.19 bits per heavy atom. The Bertz CT molecular complexity index is 917. The lowest BCUT2D eigenvalue weighted by molar-refractivity contribution is -0.113. The van der Waals surface area contributed by atoms with Crippen molar-refractivity contribution in [3.8, 4) is 11.4 Å². The molecule has 0 aliphatic carbocycles. The van der Waals surface area contributed by atoms with Crippen LogP contribution in [0.5, 0.6) is 0 Å². The molecule has 3 rings (SSSR count). The van der Waals surface area contributed by atoms with Crippen molar-refractivity contribution < 1.29 is 13.6 Å². The molecule has 2 heterocycles. The molecule has 0 unspecified atom stereocenters. The molecule has 0 bridgehead atoms. The molecule has 1 amide bonds. The van der Waals surface area contributed by atoms with E-state index in [9.17, 15) is 13.6 Å². The number of carbonyl (C=O) groups is 1. The van der Waals surface area contributed by atoms with Crippen LogP contribution in [0.25, 0.3) is 11.4 Å². The molecule has 0 atom stereocenters. The third-order valence-corrected chi connectivity index (χ3v) is 4.48. The van der Waals surface area contributed by atoms with Gasteiger partial charge in [0.15, 0.2) is 11.0 Å². The molecule has 0 aliphatic heterocycles. The first kappa shape index (κ1) is 18.0. The zero-order valence-corrected chi connectivity index (χ0v) is 14.6. The van der Waals surface area contributed by atoms with Crippen LogP contribution in [0, 0.1) is 11.6 Å². The van der Waals surface area contributed by atoms with E-state index in [0.29, 0.717) is 17.5 Å². The van der Waals surface area contributed by atoms with E-state index in [-0.39, 0.29) is 11.4 Å². The Kier molecular flexibility index (Phi) is 5.57. The summed E-state index contributed by atoms with van der Waals surface area (Å²) >= 11 is 1.19. The van der Waals surface area contributed by atoms with Gasteiger partial charge in [0.1, 0.15) is 11.6 Å². The molecule has 6 nitrogen and oxygen atoms in total. The molecule has 1 N–H and O–H groups in total. The van der Waals surface area contributed by atoms with E-state index in [2.05, 4.69) is 20.5 Å². The summed E-state index contributed by atoms with van der Waals surface area (Å²) in [5, 5.41) is 11.3. The summed E-state index contributed by atoms with van der Waals surface area (Å²) in [6.45, 7) is 2.58. The van der Waals surface area contributed by atoms with Crippen LogP contribution in [0.4, 0.5) is 14.5 Å². The van der Waals surface area contributed by atoms with Gasteiger partial charge < -0.3 is 9.88 Å². The monoisotopic (exact) mass is 375 g/mol. The van der Waals surface area contributed by atoms with Crippen molar-refractivity contribution in [2.24, 2.45) is 0 Å². The fourth-order valence-electron chi connectivity index (χ4n) is 2.30. The summed E-state index contributed by atoms with van der Waals surface area (Å²) in [6.07, 6.45) is 3.34. The van der Waals surface area contributed by atoms with Gasteiger partial charge in [0.2, 0.25) is 5.91 Å². The van der Waals surface area contributed by atoms with Crippen molar-refractivity contribution in [3.63, 3.8) is 0 Å². The van der Waals surface area contributed by atoms with Crippen molar-refractivity contribution in [1.29, 1.82) is 0 Å². The minimum Gasteiger partial charge on any atom is -0.323 e. The Hall–Kier alpha value is -2.81. The maximum Gasteiger partial charge on any atom is 0.234 e. The number of nitrogens with one attached hydrogen (secondary N) is 1. The van der Waals surface area contributed by atoms with Crippen LogP contribution in [-0.2, 0) is 11.3 Å². The number of pyridine rings is 1. The molecule has 26 heavy (non-hydrogen) atoms. The van der Waals surface area contributed by atoms with Crippen molar-refractivity contribution in [2.75, 3.05) is 11.1 Å². The van der Waals surface area contributed by atoms with Crippen LogP contribution < -0.4 is 5.32 Å². The maximum absolute atomic E-state index is 13.6. The quantitative estimate of drug-likeness (QED) is 0.669. The summed E-state index contributed by atoms with van der Waals surface area (Å²) in [5.41, 5.74) is 0.811. The predicted molar refractivity (Wildman–Crippen MR) is 94.6 cm³/mol. The predicted octanol–water partition coefficient (Wildman–Crippen LogP) is 3.37.